The SMILES string of the molecule is OC[C@@H](O)CSc1ccnc(-c2ccccc2)n1. The van der Waals surface area contributed by atoms with Crippen LogP contribution in [-0.2, 0) is 0 Å². The Morgan fingerprint density at radius 2 is 1.94 bits per heavy atom. The molecule has 1 heterocycles. The zero-order valence-corrected chi connectivity index (χ0v) is 10.5. The summed E-state index contributed by atoms with van der Waals surface area (Å²) in [7, 11) is 0. The van der Waals surface area contributed by atoms with Crippen molar-refractivity contribution in [3.8, 4) is 11.4 Å². The first-order valence-corrected chi connectivity index (χ1v) is 6.58. The van der Waals surface area contributed by atoms with E-state index in [1.807, 2.05) is 30.3 Å². The summed E-state index contributed by atoms with van der Waals surface area (Å²) in [5.74, 6) is 1.08. The molecule has 1 aromatic carbocycles. The Morgan fingerprint density at radius 3 is 2.67 bits per heavy atom. The van der Waals surface area contributed by atoms with Gasteiger partial charge in [0.1, 0.15) is 5.03 Å². The normalized spacial score (nSPS) is 12.3. The van der Waals surface area contributed by atoms with E-state index < -0.39 is 6.10 Å². The molecule has 0 amide bonds. The van der Waals surface area contributed by atoms with Crippen molar-refractivity contribution in [1.82, 2.24) is 9.97 Å². The molecule has 5 heteroatoms. The number of hydrogen-bond donors (Lipinski definition) is 2. The van der Waals surface area contributed by atoms with Gasteiger partial charge < -0.3 is 10.2 Å². The van der Waals surface area contributed by atoms with Crippen molar-refractivity contribution < 1.29 is 10.2 Å². The Balaban J connectivity index is 2.11. The van der Waals surface area contributed by atoms with Crippen LogP contribution in [0.4, 0.5) is 0 Å². The molecule has 18 heavy (non-hydrogen) atoms. The highest BCUT2D eigenvalue weighted by Crippen LogP contribution is 2.20. The molecular formula is C13H14N2O2S. The fraction of sp³-hybridized carbons (Fsp3) is 0.231. The molecule has 1 aromatic heterocycles. The van der Waals surface area contributed by atoms with Crippen molar-refractivity contribution >= 4 is 11.8 Å². The Bertz CT molecular complexity index is 493. The molecule has 0 aliphatic rings. The van der Waals surface area contributed by atoms with Gasteiger partial charge in [-0.2, -0.15) is 0 Å². The molecule has 4 nitrogen and oxygen atoms in total. The van der Waals surface area contributed by atoms with Crippen LogP contribution in [0.5, 0.6) is 0 Å². The van der Waals surface area contributed by atoms with Gasteiger partial charge >= 0.3 is 0 Å². The van der Waals surface area contributed by atoms with E-state index in [1.165, 1.54) is 11.8 Å². The maximum absolute atomic E-state index is 9.29. The van der Waals surface area contributed by atoms with Crippen molar-refractivity contribution in [3.63, 3.8) is 0 Å². The zero-order valence-electron chi connectivity index (χ0n) is 9.73. The molecule has 0 aliphatic carbocycles. The van der Waals surface area contributed by atoms with Gasteiger partial charge in [0.25, 0.3) is 0 Å². The van der Waals surface area contributed by atoms with Crippen LogP contribution in [0.1, 0.15) is 0 Å². The lowest BCUT2D eigenvalue weighted by molar-refractivity contribution is 0.113. The van der Waals surface area contributed by atoms with Gasteiger partial charge in [0.2, 0.25) is 0 Å². The van der Waals surface area contributed by atoms with Crippen LogP contribution in [-0.4, -0.2) is 38.6 Å². The largest absolute Gasteiger partial charge is 0.394 e. The second-order valence-electron chi connectivity index (χ2n) is 3.73. The summed E-state index contributed by atoms with van der Waals surface area (Å²) < 4.78 is 0. The molecule has 0 unspecified atom stereocenters. The van der Waals surface area contributed by atoms with Crippen molar-refractivity contribution in [2.24, 2.45) is 0 Å². The van der Waals surface area contributed by atoms with Crippen molar-refractivity contribution in [1.29, 1.82) is 0 Å². The first kappa shape index (κ1) is 13.0. The number of rotatable bonds is 5. The van der Waals surface area contributed by atoms with Crippen molar-refractivity contribution in [2.75, 3.05) is 12.4 Å². The third kappa shape index (κ3) is 3.53. The minimum Gasteiger partial charge on any atom is -0.394 e. The van der Waals surface area contributed by atoms with E-state index in [4.69, 9.17) is 5.11 Å². The second kappa shape index (κ2) is 6.49. The van der Waals surface area contributed by atoms with Crippen LogP contribution in [0.2, 0.25) is 0 Å². The smallest absolute Gasteiger partial charge is 0.160 e. The number of aliphatic hydroxyl groups excluding tert-OH is 2. The van der Waals surface area contributed by atoms with Crippen LogP contribution in [0.3, 0.4) is 0 Å². The molecule has 0 fully saturated rings. The molecule has 0 radical (unpaired) electrons. The van der Waals surface area contributed by atoms with Crippen LogP contribution in [0, 0.1) is 0 Å². The third-order valence-electron chi connectivity index (χ3n) is 2.30. The van der Waals surface area contributed by atoms with Crippen LogP contribution in [0.15, 0.2) is 47.6 Å². The first-order valence-electron chi connectivity index (χ1n) is 5.60. The Hall–Kier alpha value is -1.43. The average molecular weight is 262 g/mol. The minimum atomic E-state index is -0.717. The topological polar surface area (TPSA) is 66.2 Å². The second-order valence-corrected chi connectivity index (χ2v) is 4.77. The molecule has 2 rings (SSSR count). The highest BCUT2D eigenvalue weighted by atomic mass is 32.2. The van der Waals surface area contributed by atoms with Gasteiger partial charge in [0, 0.05) is 17.5 Å². The highest BCUT2D eigenvalue weighted by Gasteiger charge is 2.06. The third-order valence-corrected chi connectivity index (χ3v) is 3.37. The standard InChI is InChI=1S/C13H14N2O2S/c16-8-11(17)9-18-12-6-7-14-13(15-12)10-4-2-1-3-5-10/h1-7,11,16-17H,8-9H2/t11-/m1/s1. The van der Waals surface area contributed by atoms with Crippen molar-refractivity contribution in [3.05, 3.63) is 42.6 Å². The summed E-state index contributed by atoms with van der Waals surface area (Å²) in [6.07, 6.45) is 0.980. The molecular weight excluding hydrogens is 248 g/mol. The molecule has 0 saturated carbocycles. The summed E-state index contributed by atoms with van der Waals surface area (Å²) in [6.45, 7) is -0.233. The first-order chi connectivity index (χ1) is 8.79. The molecule has 0 bridgehead atoms. The predicted molar refractivity (Wildman–Crippen MR) is 71.3 cm³/mol. The van der Waals surface area contributed by atoms with Crippen LogP contribution in [0.25, 0.3) is 11.4 Å². The van der Waals surface area contributed by atoms with Crippen LogP contribution >= 0.6 is 11.8 Å². The number of aromatic nitrogens is 2. The predicted octanol–water partition coefficient (Wildman–Crippen LogP) is 1.59. The number of nitrogens with zero attached hydrogens (tertiary/aromatic N) is 2. The lowest BCUT2D eigenvalue weighted by atomic mass is 10.2. The number of aliphatic hydroxyl groups is 2. The minimum absolute atomic E-state index is 0.233. The number of benzene rings is 1. The van der Waals surface area contributed by atoms with E-state index in [0.717, 1.165) is 10.6 Å². The van der Waals surface area contributed by atoms with E-state index in [1.54, 1.807) is 12.3 Å². The summed E-state index contributed by atoms with van der Waals surface area (Å²) in [5, 5.41) is 18.8. The maximum Gasteiger partial charge on any atom is 0.160 e. The van der Waals surface area contributed by atoms with Gasteiger partial charge in [0.15, 0.2) is 5.82 Å². The zero-order chi connectivity index (χ0) is 12.8. The fourth-order valence-corrected chi connectivity index (χ4v) is 2.16. The molecule has 2 aromatic rings. The van der Waals surface area contributed by atoms with Gasteiger partial charge in [-0.15, -0.1) is 11.8 Å². The van der Waals surface area contributed by atoms with Crippen LogP contribution < -0.4 is 0 Å². The molecule has 0 saturated heterocycles. The Labute approximate surface area is 110 Å². The van der Waals surface area contributed by atoms with E-state index in [-0.39, 0.29) is 6.61 Å². The molecule has 0 aliphatic heterocycles. The van der Waals surface area contributed by atoms with Gasteiger partial charge in [-0.05, 0) is 6.07 Å². The van der Waals surface area contributed by atoms with E-state index in [0.29, 0.717) is 11.6 Å². The van der Waals surface area contributed by atoms with Crippen molar-refractivity contribution in [2.45, 2.75) is 11.1 Å². The lowest BCUT2D eigenvalue weighted by Gasteiger charge is -2.06. The Kier molecular flexibility index (Phi) is 4.69. The average Bonchev–Trinajstić information content (AvgIpc) is 2.46. The monoisotopic (exact) mass is 262 g/mol. The van der Waals surface area contributed by atoms with Gasteiger partial charge in [-0.1, -0.05) is 30.3 Å². The van der Waals surface area contributed by atoms with Gasteiger partial charge in [-0.3, -0.25) is 0 Å². The van der Waals surface area contributed by atoms with Gasteiger partial charge in [0.05, 0.1) is 12.7 Å². The quantitative estimate of drug-likeness (QED) is 0.632. The molecule has 94 valence electrons. The van der Waals surface area contributed by atoms with E-state index in [9.17, 15) is 5.11 Å². The molecule has 0 spiro atoms. The summed E-state index contributed by atoms with van der Waals surface area (Å²) in [4.78, 5) is 8.63. The number of hydrogen-bond acceptors (Lipinski definition) is 5. The molecule has 2 N–H and O–H groups in total. The highest BCUT2D eigenvalue weighted by molar-refractivity contribution is 7.99. The molecule has 1 atom stereocenters. The summed E-state index contributed by atoms with van der Waals surface area (Å²) >= 11 is 1.40. The summed E-state index contributed by atoms with van der Waals surface area (Å²) in [5.41, 5.74) is 0.961. The van der Waals surface area contributed by atoms with E-state index in [2.05, 4.69) is 9.97 Å². The fourth-order valence-electron chi connectivity index (χ4n) is 1.38. The Morgan fingerprint density at radius 1 is 1.17 bits per heavy atom. The maximum atomic E-state index is 9.29. The number of thioether (sulfide) groups is 1. The lowest BCUT2D eigenvalue weighted by Crippen LogP contribution is -2.14. The summed E-state index contributed by atoms with van der Waals surface area (Å²) in [6, 6.07) is 11.5. The van der Waals surface area contributed by atoms with Gasteiger partial charge in [-0.25, -0.2) is 9.97 Å². The van der Waals surface area contributed by atoms with E-state index >= 15 is 0 Å².